The van der Waals surface area contributed by atoms with Crippen molar-refractivity contribution in [1.82, 2.24) is 19.1 Å². The molecule has 5 aromatic rings. The number of anilines is 1. The average Bonchev–Trinajstić information content (AvgIpc) is 3.50. The average molecular weight is 520 g/mol. The molecule has 0 bridgehead atoms. The SMILES string of the molecule is CCCN(CC)c1ccc(-n2c(-c3cc(-c4ccc5[nH]ccc5c4)ccn3)cn(C)c2=O)cc1C(F)(F)F. The summed E-state index contributed by atoms with van der Waals surface area (Å²) in [6.07, 6.45) is 1.24. The zero-order valence-electron chi connectivity index (χ0n) is 21.4. The number of hydrogen-bond acceptors (Lipinski definition) is 3. The Morgan fingerprint density at radius 1 is 1.00 bits per heavy atom. The molecule has 0 spiro atoms. The van der Waals surface area contributed by atoms with Crippen LogP contribution in [0.4, 0.5) is 18.9 Å². The molecule has 9 heteroatoms. The second-order valence-corrected chi connectivity index (χ2v) is 9.23. The van der Waals surface area contributed by atoms with Crippen LogP contribution in [0.2, 0.25) is 0 Å². The van der Waals surface area contributed by atoms with Crippen LogP contribution in [0.1, 0.15) is 25.8 Å². The number of halogens is 3. The molecular weight excluding hydrogens is 491 g/mol. The van der Waals surface area contributed by atoms with Crippen LogP contribution in [0.25, 0.3) is 39.1 Å². The van der Waals surface area contributed by atoms with Crippen LogP contribution < -0.4 is 10.6 Å². The molecule has 38 heavy (non-hydrogen) atoms. The fourth-order valence-electron chi connectivity index (χ4n) is 4.86. The Bertz CT molecular complexity index is 1660. The molecule has 3 aromatic heterocycles. The fraction of sp³-hybridized carbons (Fsp3) is 0.241. The lowest BCUT2D eigenvalue weighted by molar-refractivity contribution is -0.137. The van der Waals surface area contributed by atoms with E-state index in [4.69, 9.17) is 0 Å². The van der Waals surface area contributed by atoms with E-state index in [0.29, 0.717) is 30.9 Å². The van der Waals surface area contributed by atoms with Crippen molar-refractivity contribution in [3.05, 3.63) is 89.2 Å². The number of fused-ring (bicyclic) bond motifs is 1. The van der Waals surface area contributed by atoms with Crippen molar-refractivity contribution < 1.29 is 13.2 Å². The van der Waals surface area contributed by atoms with E-state index in [1.165, 1.54) is 15.2 Å². The standard InChI is InChI=1S/C29H28F3N5O/c1-4-14-36(5-2)26-9-7-22(17-23(26)29(30,31)32)37-27(18-35(3)28(37)38)25-16-20(10-12-34-25)19-6-8-24-21(15-19)11-13-33-24/h6-13,15-18,33H,4-5,14H2,1-3H3. The number of H-pyrrole nitrogens is 1. The van der Waals surface area contributed by atoms with E-state index in [1.807, 2.05) is 56.4 Å². The lowest BCUT2D eigenvalue weighted by Crippen LogP contribution is -2.27. The van der Waals surface area contributed by atoms with Gasteiger partial charge in [0, 0.05) is 49.9 Å². The zero-order chi connectivity index (χ0) is 27.0. The van der Waals surface area contributed by atoms with Gasteiger partial charge in [-0.05, 0) is 78.4 Å². The summed E-state index contributed by atoms with van der Waals surface area (Å²) in [5, 5.41) is 1.06. The Kier molecular flexibility index (Phi) is 6.60. The minimum Gasteiger partial charge on any atom is -0.371 e. The molecule has 0 radical (unpaired) electrons. The van der Waals surface area contributed by atoms with Gasteiger partial charge in [-0.2, -0.15) is 13.2 Å². The number of aromatic nitrogens is 4. The molecule has 0 atom stereocenters. The number of benzene rings is 2. The Balaban J connectivity index is 1.64. The summed E-state index contributed by atoms with van der Waals surface area (Å²) < 4.78 is 45.3. The topological polar surface area (TPSA) is 58.9 Å². The lowest BCUT2D eigenvalue weighted by atomic mass is 10.0. The van der Waals surface area contributed by atoms with E-state index < -0.39 is 17.4 Å². The molecule has 0 aliphatic carbocycles. The minimum absolute atomic E-state index is 0.108. The third-order valence-electron chi connectivity index (χ3n) is 6.72. The number of aryl methyl sites for hydroxylation is 1. The third-order valence-corrected chi connectivity index (χ3v) is 6.72. The summed E-state index contributed by atoms with van der Waals surface area (Å²) in [5.41, 5.74) is 2.76. The molecule has 2 aromatic carbocycles. The molecule has 0 aliphatic rings. The van der Waals surface area contributed by atoms with Crippen molar-refractivity contribution in [3.8, 4) is 28.2 Å². The number of imidazole rings is 1. The molecule has 0 aliphatic heterocycles. The van der Waals surface area contributed by atoms with Crippen molar-refractivity contribution in [1.29, 1.82) is 0 Å². The van der Waals surface area contributed by atoms with Crippen LogP contribution in [0.5, 0.6) is 0 Å². The van der Waals surface area contributed by atoms with Gasteiger partial charge in [0.25, 0.3) is 0 Å². The third kappa shape index (κ3) is 4.60. The number of rotatable bonds is 7. The molecule has 0 amide bonds. The lowest BCUT2D eigenvalue weighted by Gasteiger charge is -2.26. The summed E-state index contributed by atoms with van der Waals surface area (Å²) in [6.45, 7) is 4.70. The highest BCUT2D eigenvalue weighted by atomic mass is 19.4. The minimum atomic E-state index is -4.58. The number of aromatic amines is 1. The second kappa shape index (κ2) is 9.89. The van der Waals surface area contributed by atoms with Gasteiger partial charge in [-0.15, -0.1) is 0 Å². The maximum Gasteiger partial charge on any atom is 0.418 e. The van der Waals surface area contributed by atoms with E-state index in [-0.39, 0.29) is 11.4 Å². The number of pyridine rings is 1. The first kappa shape index (κ1) is 25.4. The first-order valence-electron chi connectivity index (χ1n) is 12.5. The maximum absolute atomic E-state index is 14.2. The van der Waals surface area contributed by atoms with Gasteiger partial charge >= 0.3 is 11.9 Å². The Morgan fingerprint density at radius 2 is 1.79 bits per heavy atom. The van der Waals surface area contributed by atoms with Gasteiger partial charge in [0.05, 0.1) is 22.6 Å². The van der Waals surface area contributed by atoms with Crippen molar-refractivity contribution in [2.75, 3.05) is 18.0 Å². The Morgan fingerprint density at radius 3 is 2.53 bits per heavy atom. The van der Waals surface area contributed by atoms with Gasteiger partial charge in [-0.25, -0.2) is 4.79 Å². The highest BCUT2D eigenvalue weighted by Gasteiger charge is 2.35. The molecule has 5 rings (SSSR count). The van der Waals surface area contributed by atoms with Crippen LogP contribution >= 0.6 is 0 Å². The maximum atomic E-state index is 14.2. The predicted octanol–water partition coefficient (Wildman–Crippen LogP) is 6.64. The van der Waals surface area contributed by atoms with Crippen molar-refractivity contribution >= 4 is 16.6 Å². The summed E-state index contributed by atoms with van der Waals surface area (Å²) in [7, 11) is 1.57. The normalized spacial score (nSPS) is 11.8. The van der Waals surface area contributed by atoms with Crippen LogP contribution in [0.15, 0.2) is 78.0 Å². The quantitative estimate of drug-likeness (QED) is 0.262. The zero-order valence-corrected chi connectivity index (χ0v) is 21.4. The van der Waals surface area contributed by atoms with Crippen LogP contribution in [0.3, 0.4) is 0 Å². The van der Waals surface area contributed by atoms with Gasteiger partial charge in [-0.1, -0.05) is 13.0 Å². The number of nitrogens with zero attached hydrogens (tertiary/aromatic N) is 4. The van der Waals surface area contributed by atoms with Gasteiger partial charge in [0.15, 0.2) is 0 Å². The van der Waals surface area contributed by atoms with Gasteiger partial charge in [-0.3, -0.25) is 9.55 Å². The van der Waals surface area contributed by atoms with Crippen molar-refractivity contribution in [2.24, 2.45) is 7.05 Å². The summed E-state index contributed by atoms with van der Waals surface area (Å²) in [5.74, 6) is 0. The molecular formula is C29H28F3N5O. The highest BCUT2D eigenvalue weighted by molar-refractivity contribution is 5.85. The molecule has 196 valence electrons. The van der Waals surface area contributed by atoms with Crippen LogP contribution in [0, 0.1) is 0 Å². The number of alkyl halides is 3. The van der Waals surface area contributed by atoms with E-state index in [2.05, 4.69) is 9.97 Å². The van der Waals surface area contributed by atoms with Gasteiger partial charge < -0.3 is 14.5 Å². The summed E-state index contributed by atoms with van der Waals surface area (Å²) in [6, 6.07) is 15.8. The molecule has 0 unspecified atom stereocenters. The molecule has 1 N–H and O–H groups in total. The Hall–Kier alpha value is -4.27. The smallest absolute Gasteiger partial charge is 0.371 e. The van der Waals surface area contributed by atoms with E-state index in [1.54, 1.807) is 30.4 Å². The van der Waals surface area contributed by atoms with Crippen molar-refractivity contribution in [3.63, 3.8) is 0 Å². The van der Waals surface area contributed by atoms with E-state index in [9.17, 15) is 18.0 Å². The van der Waals surface area contributed by atoms with Crippen molar-refractivity contribution in [2.45, 2.75) is 26.4 Å². The van der Waals surface area contributed by atoms with E-state index in [0.717, 1.165) is 28.1 Å². The summed E-state index contributed by atoms with van der Waals surface area (Å²) >= 11 is 0. The predicted molar refractivity (Wildman–Crippen MR) is 145 cm³/mol. The van der Waals surface area contributed by atoms with Gasteiger partial charge in [0.2, 0.25) is 0 Å². The fourth-order valence-corrected chi connectivity index (χ4v) is 4.86. The van der Waals surface area contributed by atoms with Crippen LogP contribution in [-0.2, 0) is 13.2 Å². The molecule has 0 saturated carbocycles. The second-order valence-electron chi connectivity index (χ2n) is 9.23. The van der Waals surface area contributed by atoms with Crippen LogP contribution in [-0.4, -0.2) is 32.2 Å². The molecule has 0 saturated heterocycles. The van der Waals surface area contributed by atoms with Gasteiger partial charge in [0.1, 0.15) is 0 Å². The van der Waals surface area contributed by atoms with E-state index >= 15 is 0 Å². The number of nitrogens with one attached hydrogen (secondary N) is 1. The summed E-state index contributed by atoms with van der Waals surface area (Å²) in [4.78, 5) is 22.5. The largest absolute Gasteiger partial charge is 0.418 e. The molecule has 3 heterocycles. The first-order chi connectivity index (χ1) is 18.2. The Labute approximate surface area is 218 Å². The first-order valence-corrected chi connectivity index (χ1v) is 12.5. The molecule has 6 nitrogen and oxygen atoms in total. The highest BCUT2D eigenvalue weighted by Crippen LogP contribution is 2.38. The number of hydrogen-bond donors (Lipinski definition) is 1. The monoisotopic (exact) mass is 519 g/mol. The molecule has 0 fully saturated rings.